The van der Waals surface area contributed by atoms with E-state index in [0.29, 0.717) is 31.7 Å². The van der Waals surface area contributed by atoms with Gasteiger partial charge in [-0.3, -0.25) is 0 Å². The fraction of sp³-hybridized carbons (Fsp3) is 0.700. The Balaban J connectivity index is 1.82. The third-order valence-corrected chi connectivity index (χ3v) is 6.01. The molecule has 1 aliphatic rings. The van der Waals surface area contributed by atoms with Gasteiger partial charge < -0.3 is 9.47 Å². The molecule has 1 aliphatic carbocycles. The quantitative estimate of drug-likeness (QED) is 0.586. The first-order valence-electron chi connectivity index (χ1n) is 9.70. The number of ether oxygens (including phenoxy) is 2. The molecule has 1 fully saturated rings. The van der Waals surface area contributed by atoms with E-state index in [0.717, 1.165) is 24.2 Å². The van der Waals surface area contributed by atoms with Crippen LogP contribution in [0.5, 0.6) is 5.75 Å². The van der Waals surface area contributed by atoms with E-state index < -0.39 is 10.0 Å². The van der Waals surface area contributed by atoms with E-state index in [1.165, 1.54) is 12.8 Å². The Morgan fingerprint density at radius 3 is 2.62 bits per heavy atom. The number of benzene rings is 1. The Morgan fingerprint density at radius 1 is 1.19 bits per heavy atom. The smallest absolute Gasteiger partial charge is 0.212 e. The second-order valence-electron chi connectivity index (χ2n) is 7.58. The third-order valence-electron chi connectivity index (χ3n) is 4.47. The van der Waals surface area contributed by atoms with Gasteiger partial charge in [-0.1, -0.05) is 26.0 Å². The highest BCUT2D eigenvalue weighted by Crippen LogP contribution is 2.26. The van der Waals surface area contributed by atoms with Crippen molar-refractivity contribution in [3.8, 4) is 5.75 Å². The van der Waals surface area contributed by atoms with Crippen LogP contribution in [0.3, 0.4) is 0 Å². The van der Waals surface area contributed by atoms with Gasteiger partial charge in [0.15, 0.2) is 0 Å². The van der Waals surface area contributed by atoms with Crippen molar-refractivity contribution < 1.29 is 17.9 Å². The van der Waals surface area contributed by atoms with Gasteiger partial charge in [0.1, 0.15) is 5.75 Å². The first-order valence-corrected chi connectivity index (χ1v) is 11.4. The minimum atomic E-state index is -3.34. The van der Waals surface area contributed by atoms with E-state index in [9.17, 15) is 8.42 Å². The van der Waals surface area contributed by atoms with Crippen LogP contribution < -0.4 is 9.46 Å². The highest BCUT2D eigenvalue weighted by atomic mass is 32.2. The number of hydrogen-bond donors (Lipinski definition) is 1. The molecule has 5 nitrogen and oxygen atoms in total. The van der Waals surface area contributed by atoms with Gasteiger partial charge in [-0.15, -0.1) is 0 Å². The SMILES string of the molecule is CC(C)COCCCS(=O)(=O)NC(C)c1cccc(OC2CCCC2)c1. The molecule has 1 unspecified atom stereocenters. The van der Waals surface area contributed by atoms with Crippen molar-refractivity contribution in [1.82, 2.24) is 4.72 Å². The molecule has 6 heteroatoms. The lowest BCUT2D eigenvalue weighted by Crippen LogP contribution is -2.29. The van der Waals surface area contributed by atoms with Crippen molar-refractivity contribution in [3.63, 3.8) is 0 Å². The largest absolute Gasteiger partial charge is 0.490 e. The van der Waals surface area contributed by atoms with Crippen LogP contribution in [-0.2, 0) is 14.8 Å². The monoisotopic (exact) mass is 383 g/mol. The van der Waals surface area contributed by atoms with E-state index >= 15 is 0 Å². The molecule has 1 aromatic carbocycles. The van der Waals surface area contributed by atoms with Crippen LogP contribution in [0.15, 0.2) is 24.3 Å². The first kappa shape index (κ1) is 21.2. The van der Waals surface area contributed by atoms with Gasteiger partial charge in [-0.25, -0.2) is 13.1 Å². The Hall–Kier alpha value is -1.11. The average molecular weight is 384 g/mol. The average Bonchev–Trinajstić information content (AvgIpc) is 3.07. The minimum absolute atomic E-state index is 0.0771. The van der Waals surface area contributed by atoms with Gasteiger partial charge >= 0.3 is 0 Å². The molecule has 1 aromatic rings. The third kappa shape index (κ3) is 7.64. The molecule has 26 heavy (non-hydrogen) atoms. The summed E-state index contributed by atoms with van der Waals surface area (Å²) in [4.78, 5) is 0. The van der Waals surface area contributed by atoms with Crippen LogP contribution in [0.25, 0.3) is 0 Å². The highest BCUT2D eigenvalue weighted by Gasteiger charge is 2.18. The minimum Gasteiger partial charge on any atom is -0.490 e. The van der Waals surface area contributed by atoms with E-state index in [1.807, 2.05) is 31.2 Å². The van der Waals surface area contributed by atoms with Crippen molar-refractivity contribution in [3.05, 3.63) is 29.8 Å². The summed E-state index contributed by atoms with van der Waals surface area (Å²) in [6.07, 6.45) is 5.45. The Labute approximate surface area is 158 Å². The summed E-state index contributed by atoms with van der Waals surface area (Å²) >= 11 is 0. The van der Waals surface area contributed by atoms with Gasteiger partial charge in [0, 0.05) is 19.3 Å². The highest BCUT2D eigenvalue weighted by molar-refractivity contribution is 7.89. The molecule has 0 aliphatic heterocycles. The number of sulfonamides is 1. The van der Waals surface area contributed by atoms with Gasteiger partial charge in [0.05, 0.1) is 11.9 Å². The van der Waals surface area contributed by atoms with Crippen LogP contribution in [0.1, 0.15) is 64.5 Å². The predicted octanol–water partition coefficient (Wildman–Crippen LogP) is 4.05. The predicted molar refractivity (Wildman–Crippen MR) is 105 cm³/mol. The van der Waals surface area contributed by atoms with Crippen LogP contribution in [0, 0.1) is 5.92 Å². The van der Waals surface area contributed by atoms with Crippen molar-refractivity contribution in [1.29, 1.82) is 0 Å². The summed E-state index contributed by atoms with van der Waals surface area (Å²) in [7, 11) is -3.34. The maximum Gasteiger partial charge on any atom is 0.212 e. The molecule has 1 saturated carbocycles. The maximum absolute atomic E-state index is 12.3. The summed E-state index contributed by atoms with van der Waals surface area (Å²) in [5.74, 6) is 1.36. The normalized spacial score (nSPS) is 16.9. The van der Waals surface area contributed by atoms with Crippen LogP contribution in [0.4, 0.5) is 0 Å². The Morgan fingerprint density at radius 2 is 1.92 bits per heavy atom. The van der Waals surface area contributed by atoms with E-state index in [2.05, 4.69) is 18.6 Å². The fourth-order valence-electron chi connectivity index (χ4n) is 3.12. The molecule has 0 heterocycles. The van der Waals surface area contributed by atoms with Gasteiger partial charge in [0.25, 0.3) is 0 Å². The number of hydrogen-bond acceptors (Lipinski definition) is 4. The molecule has 0 radical (unpaired) electrons. The molecule has 0 bridgehead atoms. The standard InChI is InChI=1S/C20H33NO4S/c1-16(2)15-24-12-7-13-26(22,23)21-17(3)18-8-6-11-20(14-18)25-19-9-4-5-10-19/h6,8,11,14,16-17,19,21H,4-5,7,9-10,12-13,15H2,1-3H3. The van der Waals surface area contributed by atoms with Crippen molar-refractivity contribution in [2.24, 2.45) is 5.92 Å². The summed E-state index contributed by atoms with van der Waals surface area (Å²) < 4.78 is 38.8. The summed E-state index contributed by atoms with van der Waals surface area (Å²) in [6, 6.07) is 7.44. The second-order valence-corrected chi connectivity index (χ2v) is 9.45. The maximum atomic E-state index is 12.3. The van der Waals surface area contributed by atoms with Crippen molar-refractivity contribution in [2.75, 3.05) is 19.0 Å². The zero-order valence-electron chi connectivity index (χ0n) is 16.2. The van der Waals surface area contributed by atoms with Crippen LogP contribution >= 0.6 is 0 Å². The molecule has 0 spiro atoms. The topological polar surface area (TPSA) is 64.6 Å². The lowest BCUT2D eigenvalue weighted by Gasteiger charge is -2.17. The molecular formula is C20H33NO4S. The molecule has 2 rings (SSSR count). The lowest BCUT2D eigenvalue weighted by molar-refractivity contribution is 0.111. The Bertz CT molecular complexity index is 639. The van der Waals surface area contributed by atoms with Crippen LogP contribution in [0.2, 0.25) is 0 Å². The van der Waals surface area contributed by atoms with E-state index in [1.54, 1.807) is 0 Å². The molecule has 0 saturated heterocycles. The van der Waals surface area contributed by atoms with Crippen molar-refractivity contribution in [2.45, 2.75) is 65.0 Å². The molecule has 1 N–H and O–H groups in total. The van der Waals surface area contributed by atoms with Crippen LogP contribution in [-0.4, -0.2) is 33.5 Å². The molecule has 148 valence electrons. The number of nitrogens with one attached hydrogen (secondary N) is 1. The van der Waals surface area contributed by atoms with Gasteiger partial charge in [-0.05, 0) is 62.6 Å². The molecule has 0 aromatic heterocycles. The molecule has 1 atom stereocenters. The fourth-order valence-corrected chi connectivity index (χ4v) is 4.41. The zero-order chi connectivity index (χ0) is 19.0. The number of rotatable bonds is 11. The summed E-state index contributed by atoms with van der Waals surface area (Å²) in [5.41, 5.74) is 0.917. The van der Waals surface area contributed by atoms with E-state index in [-0.39, 0.29) is 11.8 Å². The molecule has 0 amide bonds. The zero-order valence-corrected chi connectivity index (χ0v) is 17.1. The van der Waals surface area contributed by atoms with Crippen molar-refractivity contribution >= 4 is 10.0 Å². The Kier molecular flexibility index (Phi) is 8.38. The summed E-state index contributed by atoms with van der Waals surface area (Å²) in [6.45, 7) is 7.15. The summed E-state index contributed by atoms with van der Waals surface area (Å²) in [5, 5.41) is 0. The van der Waals surface area contributed by atoms with E-state index in [4.69, 9.17) is 9.47 Å². The second kappa shape index (κ2) is 10.3. The van der Waals surface area contributed by atoms with Gasteiger partial charge in [0.2, 0.25) is 10.0 Å². The first-order chi connectivity index (χ1) is 12.4. The van der Waals surface area contributed by atoms with Gasteiger partial charge in [-0.2, -0.15) is 0 Å². The molecular weight excluding hydrogens is 350 g/mol. The lowest BCUT2D eigenvalue weighted by atomic mass is 10.1.